The fourth-order valence-corrected chi connectivity index (χ4v) is 4.67. The molecule has 0 unspecified atom stereocenters. The van der Waals surface area contributed by atoms with Gasteiger partial charge in [0.15, 0.2) is 0 Å². The molecule has 0 aliphatic carbocycles. The number of hydrogen-bond donors (Lipinski definition) is 3. The Morgan fingerprint density at radius 1 is 1.06 bits per heavy atom. The van der Waals surface area contributed by atoms with Crippen LogP contribution in [0.25, 0.3) is 0 Å². The normalized spacial score (nSPS) is 11.5. The third-order valence-corrected chi connectivity index (χ3v) is 6.73. The van der Waals surface area contributed by atoms with Crippen LogP contribution in [0.5, 0.6) is 0 Å². The summed E-state index contributed by atoms with van der Waals surface area (Å²) in [6.07, 6.45) is 0. The van der Waals surface area contributed by atoms with Gasteiger partial charge in [-0.1, -0.05) is 49.2 Å². The maximum atomic E-state index is 12.6. The summed E-state index contributed by atoms with van der Waals surface area (Å²) >= 11 is 12.1. The maximum Gasteiger partial charge on any atom is 0.253 e. The lowest BCUT2D eigenvalue weighted by Gasteiger charge is -2.13. The van der Waals surface area contributed by atoms with Crippen molar-refractivity contribution in [2.75, 3.05) is 18.4 Å². The van der Waals surface area contributed by atoms with Gasteiger partial charge in [0, 0.05) is 12.2 Å². The molecule has 0 aliphatic heterocycles. The van der Waals surface area contributed by atoms with Crippen molar-refractivity contribution in [1.29, 1.82) is 0 Å². The van der Waals surface area contributed by atoms with E-state index in [0.717, 1.165) is 17.2 Å². The highest BCUT2D eigenvalue weighted by Crippen LogP contribution is 2.28. The lowest BCUT2D eigenvalue weighted by atomic mass is 10.1. The summed E-state index contributed by atoms with van der Waals surface area (Å²) in [5, 5.41) is 5.05. The van der Waals surface area contributed by atoms with E-state index in [1.165, 1.54) is 6.07 Å². The van der Waals surface area contributed by atoms with Gasteiger partial charge in [0.25, 0.3) is 5.91 Å². The van der Waals surface area contributed by atoms with Gasteiger partial charge in [-0.3, -0.25) is 9.59 Å². The van der Waals surface area contributed by atoms with Gasteiger partial charge in [-0.2, -0.15) is 0 Å². The highest BCUT2D eigenvalue weighted by molar-refractivity contribution is 7.89. The number of carbonyl (C=O) groups is 2. The zero-order valence-electron chi connectivity index (χ0n) is 17.7. The van der Waals surface area contributed by atoms with Crippen molar-refractivity contribution in [3.05, 3.63) is 57.1 Å². The van der Waals surface area contributed by atoms with Crippen molar-refractivity contribution in [3.8, 4) is 0 Å². The van der Waals surface area contributed by atoms with Crippen LogP contribution in [-0.2, 0) is 14.8 Å². The number of rotatable bonds is 8. The SMILES string of the molecule is Cc1cccc(NC(=O)CNC(=O)c2cc(S(=O)(=O)NCC(C)C)c(Cl)cc2Cl)c1C. The van der Waals surface area contributed by atoms with Crippen molar-refractivity contribution in [2.24, 2.45) is 5.92 Å². The number of halogens is 2. The summed E-state index contributed by atoms with van der Waals surface area (Å²) in [5.74, 6) is -1.05. The molecule has 3 N–H and O–H groups in total. The number of amides is 2. The van der Waals surface area contributed by atoms with Gasteiger partial charge < -0.3 is 10.6 Å². The lowest BCUT2D eigenvalue weighted by Crippen LogP contribution is -2.33. The van der Waals surface area contributed by atoms with Gasteiger partial charge in [0.05, 0.1) is 22.2 Å². The third-order valence-electron chi connectivity index (χ3n) is 4.53. The second-order valence-corrected chi connectivity index (χ2v) is 10.0. The molecule has 2 amide bonds. The second kappa shape index (κ2) is 10.5. The zero-order valence-corrected chi connectivity index (χ0v) is 20.0. The van der Waals surface area contributed by atoms with Crippen molar-refractivity contribution in [3.63, 3.8) is 0 Å². The zero-order chi connectivity index (χ0) is 23.3. The fraction of sp³-hybridized carbons (Fsp3) is 0.333. The van der Waals surface area contributed by atoms with E-state index in [9.17, 15) is 18.0 Å². The predicted octanol–water partition coefficient (Wildman–Crippen LogP) is 3.91. The molecule has 2 rings (SSSR count). The van der Waals surface area contributed by atoms with E-state index in [4.69, 9.17) is 23.2 Å². The standard InChI is InChI=1S/C21H25Cl2N3O4S/c1-12(2)10-25-31(29,30)19-8-15(16(22)9-17(19)23)21(28)24-11-20(27)26-18-7-5-6-13(3)14(18)4/h5-9,12,25H,10-11H2,1-4H3,(H,24,28)(H,26,27). The molecule has 0 spiro atoms. The van der Waals surface area contributed by atoms with Crippen LogP contribution in [0.3, 0.4) is 0 Å². The van der Waals surface area contributed by atoms with Crippen LogP contribution in [0, 0.1) is 19.8 Å². The quantitative estimate of drug-likeness (QED) is 0.526. The Kier molecular flexibility index (Phi) is 8.48. The highest BCUT2D eigenvalue weighted by atomic mass is 35.5. The Bertz CT molecular complexity index is 1100. The number of aryl methyl sites for hydroxylation is 1. The van der Waals surface area contributed by atoms with E-state index in [1.54, 1.807) is 6.07 Å². The lowest BCUT2D eigenvalue weighted by molar-refractivity contribution is -0.115. The third kappa shape index (κ3) is 6.67. The molecular weight excluding hydrogens is 461 g/mol. The van der Waals surface area contributed by atoms with Crippen molar-refractivity contribution in [2.45, 2.75) is 32.6 Å². The van der Waals surface area contributed by atoms with E-state index < -0.39 is 21.8 Å². The fourth-order valence-electron chi connectivity index (χ4n) is 2.60. The monoisotopic (exact) mass is 485 g/mol. The Hall–Kier alpha value is -2.13. The number of benzene rings is 2. The minimum absolute atomic E-state index is 0.0275. The molecule has 0 fully saturated rings. The molecular formula is C21H25Cl2N3O4S. The van der Waals surface area contributed by atoms with Crippen LogP contribution in [0.2, 0.25) is 10.0 Å². The van der Waals surface area contributed by atoms with E-state index in [0.29, 0.717) is 5.69 Å². The smallest absolute Gasteiger partial charge is 0.253 e. The van der Waals surface area contributed by atoms with E-state index in [-0.39, 0.29) is 39.5 Å². The molecule has 0 aliphatic rings. The van der Waals surface area contributed by atoms with Gasteiger partial charge in [-0.25, -0.2) is 13.1 Å². The number of anilines is 1. The largest absolute Gasteiger partial charge is 0.343 e. The average molecular weight is 486 g/mol. The molecule has 7 nitrogen and oxygen atoms in total. The van der Waals surface area contributed by atoms with Gasteiger partial charge in [-0.05, 0) is 49.1 Å². The van der Waals surface area contributed by atoms with Crippen LogP contribution < -0.4 is 15.4 Å². The van der Waals surface area contributed by atoms with E-state index >= 15 is 0 Å². The number of sulfonamides is 1. The minimum atomic E-state index is -3.94. The first-order valence-electron chi connectivity index (χ1n) is 9.55. The first-order valence-corrected chi connectivity index (χ1v) is 11.8. The number of carbonyl (C=O) groups excluding carboxylic acids is 2. The molecule has 2 aromatic carbocycles. The minimum Gasteiger partial charge on any atom is -0.343 e. The van der Waals surface area contributed by atoms with Gasteiger partial charge >= 0.3 is 0 Å². The van der Waals surface area contributed by atoms with Crippen molar-refractivity contribution >= 4 is 50.7 Å². The predicted molar refractivity (Wildman–Crippen MR) is 123 cm³/mol. The van der Waals surface area contributed by atoms with Crippen LogP contribution in [-0.4, -0.2) is 33.3 Å². The number of hydrogen-bond acceptors (Lipinski definition) is 4. The van der Waals surface area contributed by atoms with Crippen LogP contribution in [0.1, 0.15) is 35.3 Å². The molecule has 31 heavy (non-hydrogen) atoms. The van der Waals surface area contributed by atoms with Gasteiger partial charge in [0.1, 0.15) is 4.90 Å². The highest BCUT2D eigenvalue weighted by Gasteiger charge is 2.23. The summed E-state index contributed by atoms with van der Waals surface area (Å²) in [6.45, 7) is 7.41. The number of nitrogens with one attached hydrogen (secondary N) is 3. The van der Waals surface area contributed by atoms with Crippen molar-refractivity contribution < 1.29 is 18.0 Å². The van der Waals surface area contributed by atoms with Crippen LogP contribution in [0.4, 0.5) is 5.69 Å². The van der Waals surface area contributed by atoms with Gasteiger partial charge in [-0.15, -0.1) is 0 Å². The molecule has 0 saturated carbocycles. The van der Waals surface area contributed by atoms with Crippen LogP contribution in [0.15, 0.2) is 35.2 Å². The van der Waals surface area contributed by atoms with Crippen molar-refractivity contribution in [1.82, 2.24) is 10.0 Å². The van der Waals surface area contributed by atoms with E-state index in [1.807, 2.05) is 39.8 Å². The molecule has 10 heteroatoms. The maximum absolute atomic E-state index is 12.6. The molecule has 0 atom stereocenters. The summed E-state index contributed by atoms with van der Waals surface area (Å²) in [6, 6.07) is 7.80. The molecule has 0 bridgehead atoms. The Labute approximate surface area is 192 Å². The van der Waals surface area contributed by atoms with E-state index in [2.05, 4.69) is 15.4 Å². The first kappa shape index (κ1) is 25.1. The topological polar surface area (TPSA) is 104 Å². The molecule has 0 aromatic heterocycles. The Morgan fingerprint density at radius 2 is 1.74 bits per heavy atom. The second-order valence-electron chi connectivity index (χ2n) is 7.49. The summed E-state index contributed by atoms with van der Waals surface area (Å²) < 4.78 is 27.5. The summed E-state index contributed by atoms with van der Waals surface area (Å²) in [7, 11) is -3.94. The summed E-state index contributed by atoms with van der Waals surface area (Å²) in [4.78, 5) is 24.5. The molecule has 0 saturated heterocycles. The first-order chi connectivity index (χ1) is 14.4. The molecule has 168 valence electrons. The summed E-state index contributed by atoms with van der Waals surface area (Å²) in [5.41, 5.74) is 2.49. The molecule has 2 aromatic rings. The molecule has 0 radical (unpaired) electrons. The Morgan fingerprint density at radius 3 is 2.39 bits per heavy atom. The molecule has 0 heterocycles. The average Bonchev–Trinajstić information content (AvgIpc) is 2.68. The van der Waals surface area contributed by atoms with Crippen LogP contribution >= 0.6 is 23.2 Å². The Balaban J connectivity index is 2.14. The van der Waals surface area contributed by atoms with Gasteiger partial charge in [0.2, 0.25) is 15.9 Å².